The van der Waals surface area contributed by atoms with Gasteiger partial charge in [-0.25, -0.2) is 4.98 Å². The zero-order valence-electron chi connectivity index (χ0n) is 9.37. The van der Waals surface area contributed by atoms with Crippen LogP contribution >= 0.6 is 22.9 Å². The van der Waals surface area contributed by atoms with Crippen LogP contribution in [0.25, 0.3) is 0 Å². The third kappa shape index (κ3) is 4.60. The minimum atomic E-state index is -4.69. The van der Waals surface area contributed by atoms with Crippen LogP contribution in [0.5, 0.6) is 5.75 Å². The van der Waals surface area contributed by atoms with Crippen LogP contribution in [-0.4, -0.2) is 11.3 Å². The van der Waals surface area contributed by atoms with Gasteiger partial charge in [0.25, 0.3) is 0 Å². The Labute approximate surface area is 116 Å². The normalized spacial score (nSPS) is 11.4. The zero-order chi connectivity index (χ0) is 13.9. The topological polar surface area (TPSA) is 34.1 Å². The summed E-state index contributed by atoms with van der Waals surface area (Å²) in [5.74, 6) is -0.264. The van der Waals surface area contributed by atoms with E-state index >= 15 is 0 Å². The predicted octanol–water partition coefficient (Wildman–Crippen LogP) is 4.31. The van der Waals surface area contributed by atoms with Gasteiger partial charge in [-0.15, -0.1) is 24.5 Å². The standard InChI is InChI=1S/C11H8ClF3N2OS/c12-10-17-6-9(19-10)5-16-7-2-1-3-8(4-7)18-11(13,14)15/h1-4,6,16H,5H2. The monoisotopic (exact) mass is 308 g/mol. The van der Waals surface area contributed by atoms with E-state index in [0.717, 1.165) is 4.88 Å². The molecule has 0 radical (unpaired) electrons. The molecule has 1 aromatic heterocycles. The quantitative estimate of drug-likeness (QED) is 0.914. The smallest absolute Gasteiger partial charge is 0.406 e. The molecule has 1 heterocycles. The second-order valence-electron chi connectivity index (χ2n) is 3.51. The summed E-state index contributed by atoms with van der Waals surface area (Å²) in [5, 5.41) is 2.96. The van der Waals surface area contributed by atoms with Crippen LogP contribution in [0.4, 0.5) is 18.9 Å². The van der Waals surface area contributed by atoms with Gasteiger partial charge in [-0.3, -0.25) is 0 Å². The molecule has 0 fully saturated rings. The van der Waals surface area contributed by atoms with E-state index in [1.54, 1.807) is 12.3 Å². The van der Waals surface area contributed by atoms with Crippen LogP contribution in [0, 0.1) is 0 Å². The van der Waals surface area contributed by atoms with Crippen molar-refractivity contribution in [1.82, 2.24) is 4.98 Å². The van der Waals surface area contributed by atoms with Crippen LogP contribution in [0.3, 0.4) is 0 Å². The van der Waals surface area contributed by atoms with Gasteiger partial charge < -0.3 is 10.1 Å². The van der Waals surface area contributed by atoms with Gasteiger partial charge in [0.1, 0.15) is 5.75 Å². The highest BCUT2D eigenvalue weighted by atomic mass is 35.5. The zero-order valence-corrected chi connectivity index (χ0v) is 10.9. The van der Waals surface area contributed by atoms with Crippen molar-refractivity contribution in [3.05, 3.63) is 39.8 Å². The molecule has 8 heteroatoms. The van der Waals surface area contributed by atoms with Crippen LogP contribution in [0.2, 0.25) is 4.47 Å². The van der Waals surface area contributed by atoms with Crippen molar-refractivity contribution < 1.29 is 17.9 Å². The van der Waals surface area contributed by atoms with Crippen LogP contribution in [-0.2, 0) is 6.54 Å². The SMILES string of the molecule is FC(F)(F)Oc1cccc(NCc2cnc(Cl)s2)c1. The number of rotatable bonds is 4. The van der Waals surface area contributed by atoms with Crippen molar-refractivity contribution in [2.24, 2.45) is 0 Å². The lowest BCUT2D eigenvalue weighted by molar-refractivity contribution is -0.274. The fraction of sp³-hybridized carbons (Fsp3) is 0.182. The first-order valence-corrected chi connectivity index (χ1v) is 6.32. The minimum absolute atomic E-state index is 0.264. The van der Waals surface area contributed by atoms with Crippen LogP contribution < -0.4 is 10.1 Å². The Morgan fingerprint density at radius 1 is 1.37 bits per heavy atom. The number of nitrogens with zero attached hydrogens (tertiary/aromatic N) is 1. The molecule has 1 N–H and O–H groups in total. The minimum Gasteiger partial charge on any atom is -0.406 e. The Balaban J connectivity index is 1.99. The number of nitrogens with one attached hydrogen (secondary N) is 1. The predicted molar refractivity (Wildman–Crippen MR) is 67.6 cm³/mol. The van der Waals surface area contributed by atoms with E-state index in [4.69, 9.17) is 11.6 Å². The molecule has 0 aliphatic carbocycles. The number of hydrogen-bond donors (Lipinski definition) is 1. The molecule has 0 saturated heterocycles. The lowest BCUT2D eigenvalue weighted by atomic mass is 10.3. The maximum Gasteiger partial charge on any atom is 0.573 e. The van der Waals surface area contributed by atoms with E-state index in [1.165, 1.54) is 29.5 Å². The molecule has 19 heavy (non-hydrogen) atoms. The molecule has 2 aromatic rings. The first-order valence-electron chi connectivity index (χ1n) is 5.12. The second kappa shape index (κ2) is 5.66. The Morgan fingerprint density at radius 2 is 2.16 bits per heavy atom. The van der Waals surface area contributed by atoms with Crippen LogP contribution in [0.1, 0.15) is 4.88 Å². The third-order valence-corrected chi connectivity index (χ3v) is 3.17. The fourth-order valence-corrected chi connectivity index (χ4v) is 2.28. The van der Waals surface area contributed by atoms with E-state index in [9.17, 15) is 13.2 Å². The summed E-state index contributed by atoms with van der Waals surface area (Å²) in [6.45, 7) is 0.430. The van der Waals surface area contributed by atoms with Crippen molar-refractivity contribution >= 4 is 28.6 Å². The molecule has 0 atom stereocenters. The molecule has 0 aliphatic heterocycles. The molecular formula is C11H8ClF3N2OS. The molecule has 0 aliphatic rings. The second-order valence-corrected chi connectivity index (χ2v) is 5.21. The van der Waals surface area contributed by atoms with Gasteiger partial charge in [0.15, 0.2) is 4.47 Å². The number of anilines is 1. The average molecular weight is 309 g/mol. The maximum absolute atomic E-state index is 12.1. The summed E-state index contributed by atoms with van der Waals surface area (Å²) in [6, 6.07) is 5.63. The lowest BCUT2D eigenvalue weighted by Gasteiger charge is -2.10. The van der Waals surface area contributed by atoms with Gasteiger partial charge >= 0.3 is 6.36 Å². The Morgan fingerprint density at radius 3 is 2.79 bits per heavy atom. The average Bonchev–Trinajstić information content (AvgIpc) is 2.71. The summed E-state index contributed by atoms with van der Waals surface area (Å²) in [4.78, 5) is 4.75. The Hall–Kier alpha value is -1.47. The summed E-state index contributed by atoms with van der Waals surface area (Å²) in [5.41, 5.74) is 0.520. The highest BCUT2D eigenvalue weighted by Gasteiger charge is 2.31. The summed E-state index contributed by atoms with van der Waals surface area (Å²) >= 11 is 6.98. The van der Waals surface area contributed by atoms with Gasteiger partial charge in [0, 0.05) is 22.8 Å². The van der Waals surface area contributed by atoms with Crippen molar-refractivity contribution in [2.45, 2.75) is 12.9 Å². The molecule has 2 rings (SSSR count). The first-order chi connectivity index (χ1) is 8.92. The number of aromatic nitrogens is 1. The van der Waals surface area contributed by atoms with Gasteiger partial charge in [-0.2, -0.15) is 0 Å². The molecule has 0 amide bonds. The molecule has 0 spiro atoms. The summed E-state index contributed by atoms with van der Waals surface area (Å²) in [7, 11) is 0. The molecular weight excluding hydrogens is 301 g/mol. The fourth-order valence-electron chi connectivity index (χ4n) is 1.36. The van der Waals surface area contributed by atoms with Gasteiger partial charge in [-0.1, -0.05) is 17.7 Å². The van der Waals surface area contributed by atoms with Crippen LogP contribution in [0.15, 0.2) is 30.5 Å². The number of benzene rings is 1. The van der Waals surface area contributed by atoms with Crippen molar-refractivity contribution in [3.8, 4) is 5.75 Å². The Bertz CT molecular complexity index is 559. The first kappa shape index (κ1) is 14.0. The highest BCUT2D eigenvalue weighted by molar-refractivity contribution is 7.15. The number of hydrogen-bond acceptors (Lipinski definition) is 4. The highest BCUT2D eigenvalue weighted by Crippen LogP contribution is 2.25. The molecule has 3 nitrogen and oxygen atoms in total. The van der Waals surface area contributed by atoms with E-state index < -0.39 is 6.36 Å². The number of thiazole rings is 1. The van der Waals surface area contributed by atoms with Crippen molar-refractivity contribution in [1.29, 1.82) is 0 Å². The summed E-state index contributed by atoms with van der Waals surface area (Å²) < 4.78 is 40.4. The molecule has 0 saturated carbocycles. The van der Waals surface area contributed by atoms with E-state index in [0.29, 0.717) is 16.7 Å². The molecule has 1 aromatic carbocycles. The third-order valence-electron chi connectivity index (χ3n) is 2.06. The number of halogens is 4. The molecule has 0 bridgehead atoms. The molecule has 102 valence electrons. The Kier molecular flexibility index (Phi) is 4.16. The number of alkyl halides is 3. The van der Waals surface area contributed by atoms with E-state index in [-0.39, 0.29) is 5.75 Å². The van der Waals surface area contributed by atoms with Crippen molar-refractivity contribution in [3.63, 3.8) is 0 Å². The lowest BCUT2D eigenvalue weighted by Crippen LogP contribution is -2.17. The van der Waals surface area contributed by atoms with E-state index in [1.807, 2.05) is 0 Å². The van der Waals surface area contributed by atoms with Gasteiger partial charge in [-0.05, 0) is 12.1 Å². The van der Waals surface area contributed by atoms with Gasteiger partial charge in [0.2, 0.25) is 0 Å². The van der Waals surface area contributed by atoms with Crippen molar-refractivity contribution in [2.75, 3.05) is 5.32 Å². The molecule has 0 unspecified atom stereocenters. The van der Waals surface area contributed by atoms with Gasteiger partial charge in [0.05, 0.1) is 6.54 Å². The summed E-state index contributed by atoms with van der Waals surface area (Å²) in [6.07, 6.45) is -3.08. The maximum atomic E-state index is 12.1. The van der Waals surface area contributed by atoms with E-state index in [2.05, 4.69) is 15.0 Å². The largest absolute Gasteiger partial charge is 0.573 e. The number of ether oxygens (including phenoxy) is 1.